The molecule has 0 aliphatic carbocycles. The number of fused-ring (bicyclic) bond motifs is 22. The van der Waals surface area contributed by atoms with Crippen LogP contribution in [-0.4, -0.2) is 27.4 Å². The van der Waals surface area contributed by atoms with Gasteiger partial charge in [0.1, 0.15) is 0 Å². The molecule has 0 saturated carbocycles. The van der Waals surface area contributed by atoms with E-state index in [4.69, 9.17) is 0 Å². The molecule has 6 nitrogen and oxygen atoms in total. The zero-order valence-electron chi connectivity index (χ0n) is 66.4. The van der Waals surface area contributed by atoms with Crippen molar-refractivity contribution in [1.82, 2.24) is 27.4 Å². The minimum absolute atomic E-state index is 1.15. The Kier molecular flexibility index (Phi) is 15.6. The highest BCUT2D eigenvalue weighted by molar-refractivity contribution is 6.28. The van der Waals surface area contributed by atoms with E-state index >= 15 is 0 Å². The van der Waals surface area contributed by atoms with Gasteiger partial charge >= 0.3 is 0 Å². The van der Waals surface area contributed by atoms with Crippen LogP contribution in [0.3, 0.4) is 0 Å². The highest BCUT2D eigenvalue weighted by atomic mass is 15.1. The van der Waals surface area contributed by atoms with Crippen molar-refractivity contribution in [3.8, 4) is 78.6 Å². The normalized spacial score (nSPS) is 11.9. The van der Waals surface area contributed by atoms with E-state index in [0.717, 1.165) is 22.7 Å². The Morgan fingerprint density at radius 3 is 0.844 bits per heavy atom. The van der Waals surface area contributed by atoms with E-state index in [0.29, 0.717) is 0 Å². The first kappa shape index (κ1) is 68.9. The van der Waals surface area contributed by atoms with E-state index in [1.54, 1.807) is 0 Å². The van der Waals surface area contributed by atoms with Gasteiger partial charge in [-0.2, -0.15) is 0 Å². The number of aromatic nitrogens is 6. The summed E-state index contributed by atoms with van der Waals surface area (Å²) >= 11 is 0. The fraction of sp³-hybridized carbons (Fsp3) is 0. The number of nitrogens with zero attached hydrogens (tertiary/aromatic N) is 6. The molecule has 0 radical (unpaired) electrons. The van der Waals surface area contributed by atoms with Gasteiger partial charge in [0.25, 0.3) is 0 Å². The van der Waals surface area contributed by atoms with Crippen LogP contribution in [0.1, 0.15) is 0 Å². The second-order valence-corrected chi connectivity index (χ2v) is 32.2. The monoisotopic (exact) mass is 1550 g/mol. The minimum Gasteiger partial charge on any atom is -0.309 e. The second-order valence-electron chi connectivity index (χ2n) is 32.2. The summed E-state index contributed by atoms with van der Waals surface area (Å²) in [5.74, 6) is 0. The van der Waals surface area contributed by atoms with Crippen LogP contribution in [-0.2, 0) is 0 Å². The Morgan fingerprint density at radius 1 is 0.123 bits per heavy atom. The molecular weight excluding hydrogens is 1480 g/mol. The molecular formula is C116H74N6. The SMILES string of the molecule is c1ccc(-c2ccc(-n3c4ccccc4c4cc(-c5ccc6c(c5)c5ccc7c(c8ccccc8n7-c7ccccc7)c5n6-c5cccc6ccccc56)ccc43)cc2)cc1.c1ccc(-c2ccc(-n3c4ccccc4c4cc(-c5ccc6c(c5)c5ccc7c8ccccc8n(-c8ccccc8)c7c5n6-c5cccc6ccccc56)ccc43)cc2)cc1. The van der Waals surface area contributed by atoms with Crippen LogP contribution in [0.4, 0.5) is 0 Å². The summed E-state index contributed by atoms with van der Waals surface area (Å²) in [6, 6.07) is 164. The molecule has 6 aromatic heterocycles. The summed E-state index contributed by atoms with van der Waals surface area (Å²) < 4.78 is 14.7. The number of rotatable bonds is 10. The smallest absolute Gasteiger partial charge is 0.0789 e. The summed E-state index contributed by atoms with van der Waals surface area (Å²) in [6.45, 7) is 0. The average molecular weight is 1550 g/mol. The van der Waals surface area contributed by atoms with E-state index in [2.05, 4.69) is 476 Å². The maximum absolute atomic E-state index is 2.53. The van der Waals surface area contributed by atoms with E-state index < -0.39 is 0 Å². The van der Waals surface area contributed by atoms with Crippen molar-refractivity contribution >= 4 is 152 Å². The Labute approximate surface area is 702 Å². The number of hydrogen-bond donors (Lipinski definition) is 0. The summed E-state index contributed by atoms with van der Waals surface area (Å²) in [7, 11) is 0. The Hall–Kier alpha value is -16.3. The Morgan fingerprint density at radius 2 is 0.385 bits per heavy atom. The first-order valence-electron chi connectivity index (χ1n) is 42.0. The van der Waals surface area contributed by atoms with Crippen LogP contribution in [0.25, 0.3) is 231 Å². The van der Waals surface area contributed by atoms with Gasteiger partial charge in [-0.05, 0) is 195 Å². The topological polar surface area (TPSA) is 29.6 Å². The molecule has 26 aromatic rings. The molecule has 0 aliphatic rings. The quantitative estimate of drug-likeness (QED) is 0.131. The van der Waals surface area contributed by atoms with Gasteiger partial charge < -0.3 is 27.4 Å². The lowest BCUT2D eigenvalue weighted by atomic mass is 10.00. The van der Waals surface area contributed by atoms with Crippen LogP contribution in [0, 0.1) is 0 Å². The molecule has 0 atom stereocenters. The Bertz CT molecular complexity index is 8700. The van der Waals surface area contributed by atoms with Crippen molar-refractivity contribution in [2.24, 2.45) is 0 Å². The number of hydrogen-bond acceptors (Lipinski definition) is 0. The predicted molar refractivity (Wildman–Crippen MR) is 516 cm³/mol. The third-order valence-electron chi connectivity index (χ3n) is 25.6. The molecule has 568 valence electrons. The van der Waals surface area contributed by atoms with E-state index in [-0.39, 0.29) is 0 Å². The molecule has 6 heterocycles. The molecule has 0 spiro atoms. The summed E-state index contributed by atoms with van der Waals surface area (Å²) in [4.78, 5) is 0. The maximum Gasteiger partial charge on any atom is 0.0789 e. The largest absolute Gasteiger partial charge is 0.309 e. The fourth-order valence-corrected chi connectivity index (χ4v) is 20.2. The first-order chi connectivity index (χ1) is 60.6. The third-order valence-corrected chi connectivity index (χ3v) is 25.6. The van der Waals surface area contributed by atoms with Gasteiger partial charge in [-0.3, -0.25) is 0 Å². The average Bonchev–Trinajstić information content (AvgIpc) is 1.54. The maximum atomic E-state index is 2.53. The number of benzene rings is 20. The van der Waals surface area contributed by atoms with E-state index in [1.165, 1.54) is 208 Å². The lowest BCUT2D eigenvalue weighted by Crippen LogP contribution is -1.99. The molecule has 0 unspecified atom stereocenters. The molecule has 0 bridgehead atoms. The standard InChI is InChI=1S/2C58H37N3/c1-3-14-38(15-4-1)39-26-30-44(31-27-39)59-53-23-11-10-22-47(53)50-36-41(28-34-55(50)59)42-29-35-56-51(37-42)49-33-32-48-46-21-9-12-24-54(46)60(43-18-5-2-6-19-43)57(48)58(49)61(56)52-25-13-17-40-16-7-8-20-45(40)52;1-3-14-38(15-4-1)39-26-30-44(31-27-39)59-52-23-11-9-21-46(52)49-36-41(28-33-54(49)59)42-29-34-55-50(37-42)47-32-35-56-57(48-22-10-12-24-53(48)60(56)43-18-5-2-6-19-43)58(47)61(55)51-25-13-17-40-16-7-8-20-45(40)51/h2*1-37H. The summed E-state index contributed by atoms with van der Waals surface area (Å²) in [6.07, 6.45) is 0. The highest BCUT2D eigenvalue weighted by Gasteiger charge is 2.27. The van der Waals surface area contributed by atoms with Crippen molar-refractivity contribution in [3.05, 3.63) is 449 Å². The summed E-state index contributed by atoms with van der Waals surface area (Å²) in [5.41, 5.74) is 31.0. The highest BCUT2D eigenvalue weighted by Crippen LogP contribution is 2.48. The zero-order valence-corrected chi connectivity index (χ0v) is 66.4. The molecule has 26 rings (SSSR count). The molecule has 122 heavy (non-hydrogen) atoms. The van der Waals surface area contributed by atoms with Gasteiger partial charge in [-0.15, -0.1) is 0 Å². The predicted octanol–water partition coefficient (Wildman–Crippen LogP) is 30.9. The second kappa shape index (κ2) is 27.7. The van der Waals surface area contributed by atoms with Gasteiger partial charge in [0, 0.05) is 98.2 Å². The minimum atomic E-state index is 1.15. The van der Waals surface area contributed by atoms with Crippen LogP contribution in [0.2, 0.25) is 0 Å². The molecule has 20 aromatic carbocycles. The molecule has 0 amide bonds. The van der Waals surface area contributed by atoms with Crippen LogP contribution >= 0.6 is 0 Å². The van der Waals surface area contributed by atoms with Crippen LogP contribution in [0.5, 0.6) is 0 Å². The van der Waals surface area contributed by atoms with Crippen LogP contribution in [0.15, 0.2) is 449 Å². The van der Waals surface area contributed by atoms with Gasteiger partial charge in [0.15, 0.2) is 0 Å². The zero-order chi connectivity index (χ0) is 80.0. The van der Waals surface area contributed by atoms with Crippen molar-refractivity contribution in [1.29, 1.82) is 0 Å². The van der Waals surface area contributed by atoms with Gasteiger partial charge in [-0.25, -0.2) is 0 Å². The van der Waals surface area contributed by atoms with E-state index in [9.17, 15) is 0 Å². The fourth-order valence-electron chi connectivity index (χ4n) is 20.2. The van der Waals surface area contributed by atoms with Crippen molar-refractivity contribution in [3.63, 3.8) is 0 Å². The van der Waals surface area contributed by atoms with Crippen LogP contribution < -0.4 is 0 Å². The lowest BCUT2D eigenvalue weighted by molar-refractivity contribution is 1.16. The molecule has 0 aliphatic heterocycles. The van der Waals surface area contributed by atoms with Gasteiger partial charge in [-0.1, -0.05) is 309 Å². The third kappa shape index (κ3) is 10.7. The first-order valence-corrected chi connectivity index (χ1v) is 42.0. The summed E-state index contributed by atoms with van der Waals surface area (Å²) in [5, 5.41) is 19.8. The Balaban J connectivity index is 0.000000134. The van der Waals surface area contributed by atoms with Crippen molar-refractivity contribution < 1.29 is 0 Å². The number of para-hydroxylation sites is 6. The lowest BCUT2D eigenvalue weighted by Gasteiger charge is -2.14. The van der Waals surface area contributed by atoms with E-state index in [1.807, 2.05) is 0 Å². The van der Waals surface area contributed by atoms with Gasteiger partial charge in [0.05, 0.1) is 77.6 Å². The van der Waals surface area contributed by atoms with Gasteiger partial charge in [0.2, 0.25) is 0 Å². The molecule has 0 saturated heterocycles. The molecule has 0 fully saturated rings. The molecule has 0 N–H and O–H groups in total. The molecule has 6 heteroatoms. The van der Waals surface area contributed by atoms with Crippen molar-refractivity contribution in [2.45, 2.75) is 0 Å². The van der Waals surface area contributed by atoms with Crippen molar-refractivity contribution in [2.75, 3.05) is 0 Å².